The minimum atomic E-state index is -0.464. The summed E-state index contributed by atoms with van der Waals surface area (Å²) >= 11 is 0. The quantitative estimate of drug-likeness (QED) is 0.610. The highest BCUT2D eigenvalue weighted by atomic mass is 16.1. The van der Waals surface area contributed by atoms with Gasteiger partial charge in [-0.1, -0.05) is 29.8 Å². The van der Waals surface area contributed by atoms with E-state index >= 15 is 0 Å². The first-order chi connectivity index (χ1) is 14.0. The number of benzene rings is 1. The Bertz CT molecular complexity index is 885. The Morgan fingerprint density at radius 1 is 0.966 bits per heavy atom. The molecule has 0 aliphatic rings. The van der Waals surface area contributed by atoms with Crippen molar-refractivity contribution in [2.24, 2.45) is 5.73 Å². The van der Waals surface area contributed by atoms with Crippen LogP contribution in [0.3, 0.4) is 0 Å². The van der Waals surface area contributed by atoms with Gasteiger partial charge in [-0.15, -0.1) is 0 Å². The van der Waals surface area contributed by atoms with Crippen molar-refractivity contribution in [3.05, 3.63) is 95.1 Å². The molecule has 2 aromatic heterocycles. The average Bonchev–Trinajstić information content (AvgIpc) is 2.72. The first-order valence-electron chi connectivity index (χ1n) is 9.93. The number of carbonyl (C=O) groups excluding carboxylic acids is 1. The second kappa shape index (κ2) is 9.94. The molecule has 2 N–H and O–H groups in total. The Kier molecular flexibility index (Phi) is 7.09. The molecule has 0 aliphatic heterocycles. The molecule has 1 amide bonds. The molecule has 0 spiro atoms. The fourth-order valence-electron chi connectivity index (χ4n) is 3.67. The SMILES string of the molecule is Cc1ccc(C(C(N)=O)N(CCc2ccncc2)CCc2cccnc2)c(C)c1. The molecule has 0 aliphatic carbocycles. The van der Waals surface area contributed by atoms with Crippen LogP contribution < -0.4 is 5.73 Å². The van der Waals surface area contributed by atoms with Crippen molar-refractivity contribution >= 4 is 5.91 Å². The molecule has 1 aromatic carbocycles. The van der Waals surface area contributed by atoms with E-state index in [0.717, 1.165) is 42.6 Å². The third-order valence-corrected chi connectivity index (χ3v) is 5.20. The lowest BCUT2D eigenvalue weighted by atomic mass is 9.96. The minimum Gasteiger partial charge on any atom is -0.368 e. The predicted molar refractivity (Wildman–Crippen MR) is 115 cm³/mol. The van der Waals surface area contributed by atoms with Crippen LogP contribution in [0.1, 0.15) is 33.9 Å². The van der Waals surface area contributed by atoms with Gasteiger partial charge in [0.1, 0.15) is 6.04 Å². The van der Waals surface area contributed by atoms with E-state index in [4.69, 9.17) is 5.73 Å². The zero-order valence-corrected chi connectivity index (χ0v) is 17.1. The number of pyridine rings is 2. The van der Waals surface area contributed by atoms with Gasteiger partial charge in [-0.05, 0) is 67.1 Å². The number of hydrogen-bond acceptors (Lipinski definition) is 4. The maximum atomic E-state index is 12.6. The van der Waals surface area contributed by atoms with Crippen molar-refractivity contribution in [2.75, 3.05) is 13.1 Å². The van der Waals surface area contributed by atoms with E-state index in [2.05, 4.69) is 33.9 Å². The van der Waals surface area contributed by atoms with Crippen LogP contribution in [0.4, 0.5) is 0 Å². The molecule has 3 rings (SSSR count). The molecule has 0 fully saturated rings. The second-order valence-electron chi connectivity index (χ2n) is 7.42. The van der Waals surface area contributed by atoms with Crippen molar-refractivity contribution in [3.8, 4) is 0 Å². The van der Waals surface area contributed by atoms with Gasteiger partial charge in [0.15, 0.2) is 0 Å². The number of aryl methyl sites for hydroxylation is 2. The Balaban J connectivity index is 1.86. The number of rotatable bonds is 9. The van der Waals surface area contributed by atoms with Gasteiger partial charge < -0.3 is 5.73 Å². The van der Waals surface area contributed by atoms with Gasteiger partial charge in [0.2, 0.25) is 5.91 Å². The summed E-state index contributed by atoms with van der Waals surface area (Å²) < 4.78 is 0. The van der Waals surface area contributed by atoms with E-state index in [1.54, 1.807) is 18.6 Å². The fraction of sp³-hybridized carbons (Fsp3) is 0.292. The van der Waals surface area contributed by atoms with Crippen LogP contribution in [0.5, 0.6) is 0 Å². The molecule has 3 aromatic rings. The maximum absolute atomic E-state index is 12.6. The van der Waals surface area contributed by atoms with Crippen LogP contribution in [0, 0.1) is 13.8 Å². The number of primary amides is 1. The molecule has 1 unspecified atom stereocenters. The molecule has 29 heavy (non-hydrogen) atoms. The summed E-state index contributed by atoms with van der Waals surface area (Å²) in [5, 5.41) is 0. The number of hydrogen-bond donors (Lipinski definition) is 1. The van der Waals surface area contributed by atoms with E-state index in [-0.39, 0.29) is 5.91 Å². The molecular formula is C24H28N4O. The van der Waals surface area contributed by atoms with E-state index in [1.165, 1.54) is 11.1 Å². The smallest absolute Gasteiger partial charge is 0.239 e. The minimum absolute atomic E-state index is 0.321. The third kappa shape index (κ3) is 5.72. The van der Waals surface area contributed by atoms with E-state index in [1.807, 2.05) is 43.5 Å². The fourth-order valence-corrected chi connectivity index (χ4v) is 3.67. The first kappa shape index (κ1) is 20.7. The van der Waals surface area contributed by atoms with E-state index in [9.17, 15) is 4.79 Å². The summed E-state index contributed by atoms with van der Waals surface area (Å²) in [4.78, 5) is 23.0. The van der Waals surface area contributed by atoms with Crippen molar-refractivity contribution in [1.82, 2.24) is 14.9 Å². The highest BCUT2D eigenvalue weighted by Gasteiger charge is 2.27. The summed E-state index contributed by atoms with van der Waals surface area (Å²) in [7, 11) is 0. The van der Waals surface area contributed by atoms with Gasteiger partial charge in [0, 0.05) is 37.9 Å². The largest absolute Gasteiger partial charge is 0.368 e. The van der Waals surface area contributed by atoms with Gasteiger partial charge in [-0.3, -0.25) is 19.7 Å². The third-order valence-electron chi connectivity index (χ3n) is 5.20. The maximum Gasteiger partial charge on any atom is 0.239 e. The Hall–Kier alpha value is -3.05. The standard InChI is InChI=1S/C24H28N4O/c1-18-5-6-22(19(2)16-18)23(24(25)29)28(14-9-20-7-12-26-13-8-20)15-10-21-4-3-11-27-17-21/h3-8,11-13,16-17,23H,9-10,14-15H2,1-2H3,(H2,25,29). The molecule has 5 heteroatoms. The zero-order chi connectivity index (χ0) is 20.6. The Labute approximate surface area is 172 Å². The van der Waals surface area contributed by atoms with Crippen molar-refractivity contribution in [3.63, 3.8) is 0 Å². The molecule has 150 valence electrons. The molecule has 0 saturated carbocycles. The number of carbonyl (C=O) groups is 1. The molecule has 0 saturated heterocycles. The Morgan fingerprint density at radius 3 is 2.31 bits per heavy atom. The van der Waals surface area contributed by atoms with Gasteiger partial charge in [-0.2, -0.15) is 0 Å². The van der Waals surface area contributed by atoms with Gasteiger partial charge >= 0.3 is 0 Å². The number of aromatic nitrogens is 2. The summed E-state index contributed by atoms with van der Waals surface area (Å²) in [6, 6.07) is 13.7. The van der Waals surface area contributed by atoms with Crippen LogP contribution in [-0.2, 0) is 17.6 Å². The van der Waals surface area contributed by atoms with Crippen molar-refractivity contribution in [2.45, 2.75) is 32.7 Å². The normalized spacial score (nSPS) is 12.1. The molecule has 2 heterocycles. The number of nitrogens with two attached hydrogens (primary N) is 1. The van der Waals surface area contributed by atoms with Crippen LogP contribution in [-0.4, -0.2) is 33.9 Å². The van der Waals surface area contributed by atoms with Crippen molar-refractivity contribution in [1.29, 1.82) is 0 Å². The second-order valence-corrected chi connectivity index (χ2v) is 7.42. The monoisotopic (exact) mass is 388 g/mol. The summed E-state index contributed by atoms with van der Waals surface area (Å²) in [5.41, 5.74) is 11.5. The molecule has 5 nitrogen and oxygen atoms in total. The molecule has 0 bridgehead atoms. The molecule has 1 atom stereocenters. The number of nitrogens with zero attached hydrogens (tertiary/aromatic N) is 3. The lowest BCUT2D eigenvalue weighted by Crippen LogP contribution is -2.40. The molecule has 0 radical (unpaired) electrons. The summed E-state index contributed by atoms with van der Waals surface area (Å²) in [6.45, 7) is 5.54. The highest BCUT2D eigenvalue weighted by molar-refractivity contribution is 5.82. The van der Waals surface area contributed by atoms with E-state index < -0.39 is 6.04 Å². The zero-order valence-electron chi connectivity index (χ0n) is 17.1. The van der Waals surface area contributed by atoms with Crippen LogP contribution in [0.25, 0.3) is 0 Å². The highest BCUT2D eigenvalue weighted by Crippen LogP contribution is 2.25. The average molecular weight is 389 g/mol. The number of amides is 1. The lowest BCUT2D eigenvalue weighted by Gasteiger charge is -2.31. The predicted octanol–water partition coefficient (Wildman–Crippen LogP) is 3.41. The Morgan fingerprint density at radius 2 is 1.69 bits per heavy atom. The van der Waals surface area contributed by atoms with Crippen LogP contribution >= 0.6 is 0 Å². The topological polar surface area (TPSA) is 72.1 Å². The molecular weight excluding hydrogens is 360 g/mol. The van der Waals surface area contributed by atoms with Gasteiger partial charge in [0.05, 0.1) is 0 Å². The van der Waals surface area contributed by atoms with Gasteiger partial charge in [0.25, 0.3) is 0 Å². The van der Waals surface area contributed by atoms with Crippen LogP contribution in [0.15, 0.2) is 67.3 Å². The van der Waals surface area contributed by atoms with Crippen molar-refractivity contribution < 1.29 is 4.79 Å². The van der Waals surface area contributed by atoms with E-state index in [0.29, 0.717) is 0 Å². The first-order valence-corrected chi connectivity index (χ1v) is 9.93. The van der Waals surface area contributed by atoms with Crippen LogP contribution in [0.2, 0.25) is 0 Å². The summed E-state index contributed by atoms with van der Waals surface area (Å²) in [5.74, 6) is -0.321. The summed E-state index contributed by atoms with van der Waals surface area (Å²) in [6.07, 6.45) is 8.86. The van der Waals surface area contributed by atoms with Gasteiger partial charge in [-0.25, -0.2) is 0 Å². The lowest BCUT2D eigenvalue weighted by molar-refractivity contribution is -0.123.